The van der Waals surface area contributed by atoms with E-state index < -0.39 is 0 Å². The van der Waals surface area contributed by atoms with E-state index in [0.29, 0.717) is 11.3 Å². The van der Waals surface area contributed by atoms with E-state index in [4.69, 9.17) is 12.3 Å². The topological polar surface area (TPSA) is 19.7 Å². The van der Waals surface area contributed by atoms with Crippen LogP contribution in [0.4, 0.5) is 0 Å². The number of hydrogen-bond acceptors (Lipinski definition) is 0. The lowest BCUT2D eigenvalue weighted by Gasteiger charge is -2.10. The normalized spacial score (nSPS) is 13.3. The molecule has 0 bridgehead atoms. The van der Waals surface area contributed by atoms with E-state index in [-0.39, 0.29) is 60.1 Å². The van der Waals surface area contributed by atoms with Crippen LogP contribution in [-0.2, 0) is 0 Å². The molecule has 0 N–H and O–H groups in total. The Morgan fingerprint density at radius 1 is 0.241 bits per heavy atom. The van der Waals surface area contributed by atoms with Crippen LogP contribution in [-0.4, -0.2) is 18.3 Å². The van der Waals surface area contributed by atoms with E-state index in [1.54, 1.807) is 11.5 Å². The van der Waals surface area contributed by atoms with Crippen molar-refractivity contribution in [3.8, 4) is 45.0 Å². The summed E-state index contributed by atoms with van der Waals surface area (Å²) in [5, 5.41) is 8.77. The molecule has 0 saturated carbocycles. The first-order valence-electron chi connectivity index (χ1n) is 31.1. The molecule has 0 amide bonds. The van der Waals surface area contributed by atoms with Crippen molar-refractivity contribution in [3.63, 3.8) is 0 Å². The van der Waals surface area contributed by atoms with Crippen LogP contribution in [0.15, 0.2) is 273 Å². The minimum Gasteiger partial charge on any atom is -0.309 e. The molecule has 16 rings (SSSR count). The second-order valence-electron chi connectivity index (χ2n) is 20.5. The van der Waals surface area contributed by atoms with Crippen molar-refractivity contribution < 1.29 is 12.3 Å². The second kappa shape index (κ2) is 18.5. The van der Waals surface area contributed by atoms with E-state index in [1.165, 1.54) is 32.8 Å². The second-order valence-corrected chi connectivity index (χ2v) is 20.5. The maximum absolute atomic E-state index is 9.02. The first kappa shape index (κ1) is 37.6. The Morgan fingerprint density at radius 3 is 1.03 bits per heavy atom. The van der Waals surface area contributed by atoms with Gasteiger partial charge in [-0.05, 0) is 182 Å². The number of aromatic nitrogens is 4. The molecular formula is C75H54N4. The first-order valence-corrected chi connectivity index (χ1v) is 26.6. The highest BCUT2D eigenvalue weighted by molar-refractivity contribution is 6.15. The van der Waals surface area contributed by atoms with E-state index in [9.17, 15) is 0 Å². The summed E-state index contributed by atoms with van der Waals surface area (Å²) >= 11 is 0. The van der Waals surface area contributed by atoms with E-state index in [2.05, 4.69) is 180 Å². The summed E-state index contributed by atoms with van der Waals surface area (Å²) in [4.78, 5) is 0. The highest BCUT2D eigenvalue weighted by atomic mass is 15.0. The molecule has 16 aromatic rings. The monoisotopic (exact) mass is 1020 g/mol. The van der Waals surface area contributed by atoms with Gasteiger partial charge in [0.15, 0.2) is 0 Å². The Balaban J connectivity index is 0.000000217. The maximum atomic E-state index is 9.02. The van der Waals surface area contributed by atoms with Crippen molar-refractivity contribution in [3.05, 3.63) is 289 Å². The summed E-state index contributed by atoms with van der Waals surface area (Å²) in [6.45, 7) is 5.86. The van der Waals surface area contributed by atoms with E-state index in [1.807, 2.05) is 66.1 Å². The lowest BCUT2D eigenvalue weighted by molar-refractivity contribution is 1.17. The minimum absolute atomic E-state index is 0.0729. The fourth-order valence-electron chi connectivity index (χ4n) is 12.0. The van der Waals surface area contributed by atoms with Gasteiger partial charge in [0.25, 0.3) is 0 Å². The SMILES string of the molecule is [2H]c1c([2H])c(C)c([2H])c(-n2c3ccccc3c3cc(-c4ccc5c(c4)c4cc(-c6ccc7c(c6)c6cc(C)ccc6n7-c6ccccc6)ccc4n5-c4ccccc4)ccc32)c1[2H].[2H]c1c([2H])c([2H])c(-n2c3ccccc3c3cc(C)ccc32)c([2H])c1[2H]. The number of fused-ring (bicyclic) bond motifs is 12. The van der Waals surface area contributed by atoms with Gasteiger partial charge in [0.05, 0.1) is 56.5 Å². The average Bonchev–Trinajstić information content (AvgIpc) is 1.97. The predicted octanol–water partition coefficient (Wildman–Crippen LogP) is 20.0. The summed E-state index contributed by atoms with van der Waals surface area (Å²) in [5.74, 6) is 0. The predicted molar refractivity (Wildman–Crippen MR) is 335 cm³/mol. The number of hydrogen-bond donors (Lipinski definition) is 0. The lowest BCUT2D eigenvalue weighted by atomic mass is 9.98. The minimum atomic E-state index is -0.379. The van der Waals surface area contributed by atoms with Crippen molar-refractivity contribution in [2.24, 2.45) is 0 Å². The van der Waals surface area contributed by atoms with Gasteiger partial charge in [0.2, 0.25) is 0 Å². The number of rotatable bonds is 6. The average molecular weight is 1020 g/mol. The van der Waals surface area contributed by atoms with Gasteiger partial charge >= 0.3 is 0 Å². The summed E-state index contributed by atoms with van der Waals surface area (Å²) in [6.07, 6.45) is 0. The van der Waals surface area contributed by atoms with Crippen LogP contribution in [0.1, 0.15) is 29.0 Å². The highest BCUT2D eigenvalue weighted by Gasteiger charge is 2.19. The number of para-hydroxylation sites is 5. The van der Waals surface area contributed by atoms with Gasteiger partial charge in [-0.25, -0.2) is 0 Å². The molecule has 12 aromatic carbocycles. The molecule has 4 heterocycles. The summed E-state index contributed by atoms with van der Waals surface area (Å²) in [5.41, 5.74) is 17.9. The molecule has 0 saturated heterocycles. The third-order valence-electron chi connectivity index (χ3n) is 15.6. The molecule has 79 heavy (non-hydrogen) atoms. The van der Waals surface area contributed by atoms with Gasteiger partial charge in [0, 0.05) is 65.8 Å². The molecule has 0 fully saturated rings. The van der Waals surface area contributed by atoms with Crippen molar-refractivity contribution in [1.82, 2.24) is 18.3 Å². The molecule has 0 aliphatic heterocycles. The molecule has 0 aliphatic carbocycles. The zero-order valence-corrected chi connectivity index (χ0v) is 43.6. The third kappa shape index (κ3) is 7.67. The Labute approximate surface area is 471 Å². The lowest BCUT2D eigenvalue weighted by Crippen LogP contribution is -1.94. The molecular weight excluding hydrogens is 957 g/mol. The molecule has 0 radical (unpaired) electrons. The van der Waals surface area contributed by atoms with Crippen LogP contribution >= 0.6 is 0 Å². The fraction of sp³-hybridized carbons (Fsp3) is 0.0400. The fourth-order valence-corrected chi connectivity index (χ4v) is 12.0. The van der Waals surface area contributed by atoms with Gasteiger partial charge in [-0.1, -0.05) is 151 Å². The molecule has 4 aromatic heterocycles. The number of nitrogens with zero attached hydrogens (tertiary/aromatic N) is 4. The molecule has 4 heteroatoms. The number of aryl methyl sites for hydroxylation is 2. The Kier molecular flexibility index (Phi) is 8.82. The van der Waals surface area contributed by atoms with E-state index in [0.717, 1.165) is 99.2 Å². The van der Waals surface area contributed by atoms with Gasteiger partial charge in [-0.2, -0.15) is 0 Å². The Hall–Kier alpha value is -10.2. The first-order chi connectivity index (χ1) is 42.7. The van der Waals surface area contributed by atoms with Crippen molar-refractivity contribution >= 4 is 87.2 Å². The Bertz CT molecular complexity index is 5540. The van der Waals surface area contributed by atoms with Crippen LogP contribution in [0, 0.1) is 20.8 Å². The summed E-state index contributed by atoms with van der Waals surface area (Å²) in [7, 11) is 0. The van der Waals surface area contributed by atoms with Crippen molar-refractivity contribution in [1.29, 1.82) is 0 Å². The van der Waals surface area contributed by atoms with Gasteiger partial charge in [-0.15, -0.1) is 0 Å². The summed E-state index contributed by atoms with van der Waals surface area (Å²) < 4.78 is 83.6. The van der Waals surface area contributed by atoms with Crippen LogP contribution in [0.2, 0.25) is 0 Å². The van der Waals surface area contributed by atoms with Crippen LogP contribution < -0.4 is 0 Å². The Morgan fingerprint density at radius 2 is 0.570 bits per heavy atom. The number of benzene rings is 12. The molecule has 0 spiro atoms. The summed E-state index contributed by atoms with van der Waals surface area (Å²) in [6, 6.07) is 74.8. The van der Waals surface area contributed by atoms with Crippen molar-refractivity contribution in [2.45, 2.75) is 20.8 Å². The third-order valence-corrected chi connectivity index (χ3v) is 15.6. The van der Waals surface area contributed by atoms with Crippen LogP contribution in [0.25, 0.3) is 132 Å². The highest BCUT2D eigenvalue weighted by Crippen LogP contribution is 2.42. The standard InChI is InChI=1S/C56H39N3.C19H15N/c1-36-12-11-17-44(30-36)59-51-19-10-9-18-45(51)47-32-38(21-26-53(47)59)40-23-28-55-49(34-40)50-35-41(24-29-56(50)58(55)43-15-7-4-8-16-43)39-22-27-54-48(33-39)46-31-37(2)20-25-52(46)57(54)42-13-5-3-6-14-42;1-14-11-12-19-17(13-14)16-9-5-6-10-18(16)20(19)15-7-3-2-4-8-15/h3-35H,1-2H3;2-13H,1H3/i11D,12D,17D,30D;2D,3D,4D,7D,8D. The zero-order valence-electron chi connectivity index (χ0n) is 52.6. The zero-order chi connectivity index (χ0) is 60.5. The maximum Gasteiger partial charge on any atom is 0.0648 e. The van der Waals surface area contributed by atoms with Gasteiger partial charge in [0.1, 0.15) is 0 Å². The van der Waals surface area contributed by atoms with E-state index >= 15 is 0 Å². The quantitative estimate of drug-likeness (QED) is 0.158. The van der Waals surface area contributed by atoms with Crippen LogP contribution in [0.3, 0.4) is 0 Å². The van der Waals surface area contributed by atoms with Gasteiger partial charge < -0.3 is 18.3 Å². The molecule has 0 atom stereocenters. The molecule has 0 unspecified atom stereocenters. The molecule has 374 valence electrons. The molecule has 4 nitrogen and oxygen atoms in total. The van der Waals surface area contributed by atoms with Crippen LogP contribution in [0.5, 0.6) is 0 Å². The molecule has 0 aliphatic rings. The smallest absolute Gasteiger partial charge is 0.0648 e. The van der Waals surface area contributed by atoms with Crippen molar-refractivity contribution in [2.75, 3.05) is 0 Å². The van der Waals surface area contributed by atoms with Gasteiger partial charge in [-0.3, -0.25) is 0 Å². The largest absolute Gasteiger partial charge is 0.309 e.